The number of carbonyl (C=O) groups is 1. The normalized spacial score (nSPS) is 11.0. The third-order valence-corrected chi connectivity index (χ3v) is 8.23. The first-order valence-electron chi connectivity index (χ1n) is 14.6. The molecule has 0 radical (unpaired) electrons. The SMILES string of the molecule is CCCCn1ccc(-c2ccc(OCc3ccccc3OC(C)C)cc2)c(NC(=O)Nc2c(SC)cc(C)nc2SC)c1=O. The number of aryl methyl sites for hydroxylation is 2. The summed E-state index contributed by atoms with van der Waals surface area (Å²) in [6.07, 6.45) is 7.52. The third kappa shape index (κ3) is 8.39. The van der Waals surface area contributed by atoms with Gasteiger partial charge in [-0.05, 0) is 75.6 Å². The lowest BCUT2D eigenvalue weighted by molar-refractivity contribution is 0.230. The molecule has 2 N–H and O–H groups in total. The topological polar surface area (TPSA) is 94.5 Å². The van der Waals surface area contributed by atoms with E-state index in [9.17, 15) is 9.59 Å². The second-order valence-corrected chi connectivity index (χ2v) is 12.1. The van der Waals surface area contributed by atoms with Crippen molar-refractivity contribution >= 4 is 40.9 Å². The Morgan fingerprint density at radius 1 is 1.00 bits per heavy atom. The number of anilines is 2. The molecule has 0 unspecified atom stereocenters. The minimum absolute atomic E-state index is 0.0616. The van der Waals surface area contributed by atoms with E-state index in [4.69, 9.17) is 9.47 Å². The van der Waals surface area contributed by atoms with Gasteiger partial charge in [0.2, 0.25) is 0 Å². The van der Waals surface area contributed by atoms with Crippen LogP contribution < -0.4 is 25.7 Å². The van der Waals surface area contributed by atoms with E-state index in [2.05, 4.69) is 22.5 Å². The molecule has 0 saturated carbocycles. The van der Waals surface area contributed by atoms with Crippen molar-refractivity contribution in [3.63, 3.8) is 0 Å². The number of amides is 2. The molecule has 0 fully saturated rings. The molecule has 8 nitrogen and oxygen atoms in total. The van der Waals surface area contributed by atoms with Crippen LogP contribution in [0.3, 0.4) is 0 Å². The highest BCUT2D eigenvalue weighted by molar-refractivity contribution is 7.99. The second-order valence-electron chi connectivity index (χ2n) is 10.5. The number of rotatable bonds is 13. The molecule has 0 aliphatic carbocycles. The fraction of sp³-hybridized carbons (Fsp3) is 0.324. The molecule has 0 spiro atoms. The van der Waals surface area contributed by atoms with Crippen LogP contribution in [0.5, 0.6) is 11.5 Å². The number of thioether (sulfide) groups is 2. The Hall–Kier alpha value is -3.89. The number of nitrogens with zero attached hydrogens (tertiary/aromatic N) is 2. The van der Waals surface area contributed by atoms with E-state index in [1.54, 1.807) is 10.8 Å². The molecule has 44 heavy (non-hydrogen) atoms. The van der Waals surface area contributed by atoms with Gasteiger partial charge in [-0.3, -0.25) is 4.79 Å². The van der Waals surface area contributed by atoms with Gasteiger partial charge in [-0.2, -0.15) is 0 Å². The van der Waals surface area contributed by atoms with E-state index in [1.165, 1.54) is 23.5 Å². The first kappa shape index (κ1) is 33.0. The van der Waals surface area contributed by atoms with Crippen molar-refractivity contribution in [2.24, 2.45) is 0 Å². The molecular weight excluding hydrogens is 593 g/mol. The lowest BCUT2D eigenvalue weighted by Crippen LogP contribution is -2.29. The van der Waals surface area contributed by atoms with E-state index in [-0.39, 0.29) is 17.4 Å². The van der Waals surface area contributed by atoms with Gasteiger partial charge in [0.1, 0.15) is 28.8 Å². The van der Waals surface area contributed by atoms with Crippen LogP contribution in [0.4, 0.5) is 16.2 Å². The number of carbonyl (C=O) groups excluding carboxylic acids is 1. The zero-order valence-corrected chi connectivity index (χ0v) is 27.7. The summed E-state index contributed by atoms with van der Waals surface area (Å²) < 4.78 is 13.6. The zero-order chi connectivity index (χ0) is 31.6. The third-order valence-electron chi connectivity index (χ3n) is 6.78. The maximum Gasteiger partial charge on any atom is 0.323 e. The Morgan fingerprint density at radius 3 is 2.41 bits per heavy atom. The zero-order valence-electron chi connectivity index (χ0n) is 26.1. The van der Waals surface area contributed by atoms with Gasteiger partial charge < -0.3 is 24.7 Å². The maximum atomic E-state index is 13.6. The van der Waals surface area contributed by atoms with E-state index in [0.29, 0.717) is 35.2 Å². The number of pyridine rings is 2. The number of aromatic nitrogens is 2. The first-order valence-corrected chi connectivity index (χ1v) is 17.1. The summed E-state index contributed by atoms with van der Waals surface area (Å²) in [5.41, 5.74) is 3.81. The van der Waals surface area contributed by atoms with Crippen molar-refractivity contribution in [2.75, 3.05) is 23.1 Å². The molecule has 0 aliphatic rings. The molecule has 232 valence electrons. The van der Waals surface area contributed by atoms with Crippen molar-refractivity contribution in [2.45, 2.75) is 69.7 Å². The minimum atomic E-state index is -0.505. The van der Waals surface area contributed by atoms with Crippen LogP contribution in [-0.2, 0) is 13.2 Å². The van der Waals surface area contributed by atoms with E-state index in [1.807, 2.05) is 93.9 Å². The molecule has 10 heteroatoms. The molecular formula is C34H40N4O4S2. The number of ether oxygens (including phenoxy) is 2. The molecule has 2 aromatic carbocycles. The predicted molar refractivity (Wildman–Crippen MR) is 183 cm³/mol. The summed E-state index contributed by atoms with van der Waals surface area (Å²) in [4.78, 5) is 32.5. The molecule has 2 heterocycles. The van der Waals surface area contributed by atoms with Gasteiger partial charge >= 0.3 is 6.03 Å². The molecule has 0 bridgehead atoms. The van der Waals surface area contributed by atoms with Gasteiger partial charge in [-0.25, -0.2) is 9.78 Å². The van der Waals surface area contributed by atoms with Crippen LogP contribution in [0.25, 0.3) is 11.1 Å². The molecule has 2 amide bonds. The number of unbranched alkanes of at least 4 members (excludes halogenated alkanes) is 1. The summed E-state index contributed by atoms with van der Waals surface area (Å²) in [5, 5.41) is 6.53. The van der Waals surface area contributed by atoms with Crippen LogP contribution >= 0.6 is 23.5 Å². The van der Waals surface area contributed by atoms with Crippen molar-refractivity contribution < 1.29 is 14.3 Å². The molecule has 4 aromatic rings. The lowest BCUT2D eigenvalue weighted by Gasteiger charge is -2.17. The highest BCUT2D eigenvalue weighted by Gasteiger charge is 2.18. The molecule has 0 aliphatic heterocycles. The Morgan fingerprint density at radius 2 is 1.73 bits per heavy atom. The summed E-state index contributed by atoms with van der Waals surface area (Å²) in [6.45, 7) is 8.91. The molecule has 2 aromatic heterocycles. The number of para-hydroxylation sites is 1. The van der Waals surface area contributed by atoms with Gasteiger partial charge in [0.25, 0.3) is 5.56 Å². The molecule has 4 rings (SSSR count). The number of benzene rings is 2. The van der Waals surface area contributed by atoms with Crippen molar-refractivity contribution in [3.05, 3.63) is 88.5 Å². The van der Waals surface area contributed by atoms with E-state index in [0.717, 1.165) is 40.3 Å². The highest BCUT2D eigenvalue weighted by Crippen LogP contribution is 2.34. The van der Waals surface area contributed by atoms with Gasteiger partial charge in [-0.1, -0.05) is 43.7 Å². The Labute approximate surface area is 268 Å². The van der Waals surface area contributed by atoms with Crippen LogP contribution in [0, 0.1) is 6.92 Å². The Bertz CT molecular complexity index is 1610. The smallest absolute Gasteiger partial charge is 0.323 e. The average Bonchev–Trinajstić information content (AvgIpc) is 3.01. The predicted octanol–water partition coefficient (Wildman–Crippen LogP) is 8.47. The van der Waals surface area contributed by atoms with Gasteiger partial charge in [-0.15, -0.1) is 23.5 Å². The standard InChI is InChI=1S/C34H40N4O4S2/c1-7-8-18-38-19-17-27(24-13-15-26(16-14-24)41-21-25-11-9-10-12-28(25)42-22(2)3)30(33(38)39)36-34(40)37-31-29(43-5)20-23(4)35-32(31)44-6/h9-17,19-20,22H,7-8,18,21H2,1-6H3,(H2,36,37,40). The van der Waals surface area contributed by atoms with Crippen molar-refractivity contribution in [1.82, 2.24) is 9.55 Å². The van der Waals surface area contributed by atoms with Crippen LogP contribution in [0.15, 0.2) is 81.6 Å². The van der Waals surface area contributed by atoms with Crippen LogP contribution in [-0.4, -0.2) is 34.2 Å². The fourth-order valence-electron chi connectivity index (χ4n) is 4.62. The van der Waals surface area contributed by atoms with Gasteiger partial charge in [0, 0.05) is 34.5 Å². The highest BCUT2D eigenvalue weighted by atomic mass is 32.2. The van der Waals surface area contributed by atoms with Gasteiger partial charge in [0.15, 0.2) is 0 Å². The first-order chi connectivity index (χ1) is 21.2. The van der Waals surface area contributed by atoms with E-state index >= 15 is 0 Å². The fourth-order valence-corrected chi connectivity index (χ4v) is 5.93. The number of hydrogen-bond acceptors (Lipinski definition) is 7. The quantitative estimate of drug-likeness (QED) is 0.143. The maximum absolute atomic E-state index is 13.6. The van der Waals surface area contributed by atoms with Crippen LogP contribution in [0.2, 0.25) is 0 Å². The monoisotopic (exact) mass is 632 g/mol. The summed E-state index contributed by atoms with van der Waals surface area (Å²) in [7, 11) is 0. The summed E-state index contributed by atoms with van der Waals surface area (Å²) in [6, 6.07) is 18.6. The second kappa shape index (κ2) is 15.7. The van der Waals surface area contributed by atoms with Crippen molar-refractivity contribution in [3.8, 4) is 22.6 Å². The molecule has 0 saturated heterocycles. The molecule has 0 atom stereocenters. The van der Waals surface area contributed by atoms with Gasteiger partial charge in [0.05, 0.1) is 11.8 Å². The minimum Gasteiger partial charge on any atom is -0.491 e. The van der Waals surface area contributed by atoms with Crippen molar-refractivity contribution in [1.29, 1.82) is 0 Å². The number of urea groups is 1. The Kier molecular flexibility index (Phi) is 11.8. The Balaban J connectivity index is 1.60. The number of nitrogens with one attached hydrogen (secondary N) is 2. The summed E-state index contributed by atoms with van der Waals surface area (Å²) >= 11 is 2.99. The summed E-state index contributed by atoms with van der Waals surface area (Å²) in [5.74, 6) is 1.48. The average molecular weight is 633 g/mol. The van der Waals surface area contributed by atoms with Crippen LogP contribution in [0.1, 0.15) is 44.9 Å². The van der Waals surface area contributed by atoms with E-state index < -0.39 is 6.03 Å². The lowest BCUT2D eigenvalue weighted by atomic mass is 10.0. The largest absolute Gasteiger partial charge is 0.491 e. The number of hydrogen-bond donors (Lipinski definition) is 2.